The van der Waals surface area contributed by atoms with Crippen molar-refractivity contribution in [3.05, 3.63) is 60.2 Å². The minimum absolute atomic E-state index is 0.716. The van der Waals surface area contributed by atoms with Crippen molar-refractivity contribution in [1.82, 2.24) is 5.32 Å². The molecule has 19 heavy (non-hydrogen) atoms. The Kier molecular flexibility index (Phi) is 4.21. The van der Waals surface area contributed by atoms with E-state index in [0.29, 0.717) is 5.92 Å². The van der Waals surface area contributed by atoms with E-state index in [1.807, 2.05) is 11.8 Å². The molecular weight excluding hydrogens is 250 g/mol. The number of nitrogens with one attached hydrogen (secondary N) is 1. The number of piperidine rings is 1. The monoisotopic (exact) mass is 269 g/mol. The third kappa shape index (κ3) is 3.20. The Morgan fingerprint density at radius 3 is 2.32 bits per heavy atom. The predicted octanol–water partition coefficient (Wildman–Crippen LogP) is 4.30. The lowest BCUT2D eigenvalue weighted by Gasteiger charge is -2.24. The van der Waals surface area contributed by atoms with Crippen LogP contribution < -0.4 is 5.32 Å². The maximum atomic E-state index is 3.45. The van der Waals surface area contributed by atoms with Gasteiger partial charge >= 0.3 is 0 Å². The first-order chi connectivity index (χ1) is 9.43. The number of hydrogen-bond donors (Lipinski definition) is 1. The molecule has 98 valence electrons. The summed E-state index contributed by atoms with van der Waals surface area (Å²) in [6.45, 7) is 2.30. The van der Waals surface area contributed by atoms with E-state index >= 15 is 0 Å². The molecule has 2 aromatic carbocycles. The molecule has 0 atom stereocenters. The van der Waals surface area contributed by atoms with Crippen molar-refractivity contribution in [3.63, 3.8) is 0 Å². The Morgan fingerprint density at radius 2 is 1.53 bits per heavy atom. The zero-order valence-corrected chi connectivity index (χ0v) is 11.8. The number of hydrogen-bond acceptors (Lipinski definition) is 2. The van der Waals surface area contributed by atoms with Gasteiger partial charge in [0.05, 0.1) is 0 Å². The average molecular weight is 269 g/mol. The normalized spacial score (nSPS) is 16.4. The van der Waals surface area contributed by atoms with Crippen LogP contribution in [-0.4, -0.2) is 13.1 Å². The lowest BCUT2D eigenvalue weighted by molar-refractivity contribution is 0.456. The summed E-state index contributed by atoms with van der Waals surface area (Å²) in [6.07, 6.45) is 2.51. The summed E-state index contributed by atoms with van der Waals surface area (Å²) < 4.78 is 0. The highest BCUT2D eigenvalue weighted by Gasteiger charge is 2.18. The SMILES string of the molecule is c1ccc(Sc2ccccc2C2CCNCC2)cc1. The molecule has 1 nitrogen and oxygen atoms in total. The Labute approximate surface area is 119 Å². The summed E-state index contributed by atoms with van der Waals surface area (Å²) in [7, 11) is 0. The van der Waals surface area contributed by atoms with Gasteiger partial charge in [-0.05, 0) is 55.6 Å². The molecule has 0 unspecified atom stereocenters. The molecule has 0 saturated carbocycles. The Balaban J connectivity index is 1.84. The van der Waals surface area contributed by atoms with E-state index in [0.717, 1.165) is 13.1 Å². The molecule has 1 N–H and O–H groups in total. The summed E-state index contributed by atoms with van der Waals surface area (Å²) in [5.74, 6) is 0.716. The largest absolute Gasteiger partial charge is 0.317 e. The molecule has 0 radical (unpaired) electrons. The van der Waals surface area contributed by atoms with Crippen LogP contribution in [0.1, 0.15) is 24.3 Å². The van der Waals surface area contributed by atoms with Gasteiger partial charge in [0.1, 0.15) is 0 Å². The molecule has 1 heterocycles. The van der Waals surface area contributed by atoms with Crippen LogP contribution in [-0.2, 0) is 0 Å². The van der Waals surface area contributed by atoms with Crippen LogP contribution in [0.3, 0.4) is 0 Å². The molecule has 1 saturated heterocycles. The molecule has 1 aliphatic heterocycles. The fourth-order valence-corrected chi connectivity index (χ4v) is 3.71. The quantitative estimate of drug-likeness (QED) is 0.891. The Bertz CT molecular complexity index is 518. The van der Waals surface area contributed by atoms with Crippen LogP contribution in [0.25, 0.3) is 0 Å². The summed E-state index contributed by atoms with van der Waals surface area (Å²) in [6, 6.07) is 19.5. The molecule has 0 amide bonds. The topological polar surface area (TPSA) is 12.0 Å². The summed E-state index contributed by atoms with van der Waals surface area (Å²) in [5.41, 5.74) is 1.53. The third-order valence-corrected chi connectivity index (χ3v) is 4.77. The minimum atomic E-state index is 0.716. The van der Waals surface area contributed by atoms with Crippen molar-refractivity contribution in [2.75, 3.05) is 13.1 Å². The van der Waals surface area contributed by atoms with Crippen LogP contribution in [0.4, 0.5) is 0 Å². The molecule has 1 aliphatic rings. The second kappa shape index (κ2) is 6.27. The summed E-state index contributed by atoms with van der Waals surface area (Å²) in [4.78, 5) is 2.74. The van der Waals surface area contributed by atoms with Crippen LogP contribution in [0, 0.1) is 0 Å². The zero-order valence-electron chi connectivity index (χ0n) is 11.0. The van der Waals surface area contributed by atoms with Crippen molar-refractivity contribution in [1.29, 1.82) is 0 Å². The van der Waals surface area contributed by atoms with Gasteiger partial charge in [-0.1, -0.05) is 48.2 Å². The van der Waals surface area contributed by atoms with E-state index in [4.69, 9.17) is 0 Å². The number of rotatable bonds is 3. The first-order valence-electron chi connectivity index (χ1n) is 6.96. The lowest BCUT2D eigenvalue weighted by atomic mass is 9.90. The molecule has 2 heteroatoms. The fraction of sp³-hybridized carbons (Fsp3) is 0.294. The van der Waals surface area contributed by atoms with E-state index in [9.17, 15) is 0 Å². The van der Waals surface area contributed by atoms with E-state index < -0.39 is 0 Å². The number of benzene rings is 2. The molecule has 3 rings (SSSR count). The molecule has 2 aromatic rings. The van der Waals surface area contributed by atoms with Gasteiger partial charge in [-0.2, -0.15) is 0 Å². The lowest BCUT2D eigenvalue weighted by Crippen LogP contribution is -2.26. The summed E-state index contributed by atoms with van der Waals surface area (Å²) >= 11 is 1.89. The molecule has 0 aliphatic carbocycles. The van der Waals surface area contributed by atoms with E-state index in [1.165, 1.54) is 28.2 Å². The van der Waals surface area contributed by atoms with Gasteiger partial charge in [0.15, 0.2) is 0 Å². The zero-order chi connectivity index (χ0) is 12.9. The van der Waals surface area contributed by atoms with E-state index in [-0.39, 0.29) is 0 Å². The molecule has 0 aromatic heterocycles. The average Bonchev–Trinajstić information content (AvgIpc) is 2.50. The van der Waals surface area contributed by atoms with Gasteiger partial charge in [0.25, 0.3) is 0 Å². The molecule has 0 bridgehead atoms. The standard InChI is InChI=1S/C17H19NS/c1-2-6-15(7-3-1)19-17-9-5-4-8-16(17)14-10-12-18-13-11-14/h1-9,14,18H,10-13H2. The minimum Gasteiger partial charge on any atom is -0.317 e. The fourth-order valence-electron chi connectivity index (χ4n) is 2.66. The summed E-state index contributed by atoms with van der Waals surface area (Å²) in [5, 5.41) is 3.45. The van der Waals surface area contributed by atoms with Gasteiger partial charge in [0.2, 0.25) is 0 Å². The Morgan fingerprint density at radius 1 is 0.842 bits per heavy atom. The third-order valence-electron chi connectivity index (χ3n) is 3.67. The van der Waals surface area contributed by atoms with E-state index in [2.05, 4.69) is 59.9 Å². The maximum Gasteiger partial charge on any atom is 0.0157 e. The molecule has 1 fully saturated rings. The van der Waals surface area contributed by atoms with Crippen LogP contribution in [0.15, 0.2) is 64.4 Å². The van der Waals surface area contributed by atoms with Crippen molar-refractivity contribution >= 4 is 11.8 Å². The van der Waals surface area contributed by atoms with E-state index in [1.54, 1.807) is 0 Å². The first-order valence-corrected chi connectivity index (χ1v) is 7.78. The van der Waals surface area contributed by atoms with Crippen LogP contribution in [0.5, 0.6) is 0 Å². The van der Waals surface area contributed by atoms with Crippen molar-refractivity contribution < 1.29 is 0 Å². The van der Waals surface area contributed by atoms with Gasteiger partial charge in [-0.3, -0.25) is 0 Å². The van der Waals surface area contributed by atoms with Crippen molar-refractivity contribution in [3.8, 4) is 0 Å². The highest BCUT2D eigenvalue weighted by atomic mass is 32.2. The van der Waals surface area contributed by atoms with Gasteiger partial charge in [-0.25, -0.2) is 0 Å². The van der Waals surface area contributed by atoms with Gasteiger partial charge in [-0.15, -0.1) is 0 Å². The highest BCUT2D eigenvalue weighted by Crippen LogP contribution is 2.36. The van der Waals surface area contributed by atoms with Crippen LogP contribution in [0.2, 0.25) is 0 Å². The molecular formula is C17H19NS. The maximum absolute atomic E-state index is 3.45. The predicted molar refractivity (Wildman–Crippen MR) is 81.9 cm³/mol. The highest BCUT2D eigenvalue weighted by molar-refractivity contribution is 7.99. The van der Waals surface area contributed by atoms with Gasteiger partial charge in [0, 0.05) is 9.79 Å². The second-order valence-electron chi connectivity index (χ2n) is 4.98. The van der Waals surface area contributed by atoms with Gasteiger partial charge < -0.3 is 5.32 Å². The second-order valence-corrected chi connectivity index (χ2v) is 6.09. The molecule has 0 spiro atoms. The Hall–Kier alpha value is -1.25. The smallest absolute Gasteiger partial charge is 0.0157 e. The van der Waals surface area contributed by atoms with Crippen molar-refractivity contribution in [2.24, 2.45) is 0 Å². The van der Waals surface area contributed by atoms with Crippen LogP contribution >= 0.6 is 11.8 Å². The first kappa shape index (κ1) is 12.8. The van der Waals surface area contributed by atoms with Crippen molar-refractivity contribution in [2.45, 2.75) is 28.6 Å².